The van der Waals surface area contributed by atoms with Gasteiger partial charge in [0.1, 0.15) is 0 Å². The monoisotopic (exact) mass is 710 g/mol. The van der Waals surface area contributed by atoms with E-state index >= 15 is 0 Å². The van der Waals surface area contributed by atoms with Crippen LogP contribution in [0.4, 0.5) is 0 Å². The van der Waals surface area contributed by atoms with Gasteiger partial charge in [0.05, 0.1) is 0 Å². The van der Waals surface area contributed by atoms with E-state index < -0.39 is 0 Å². The van der Waals surface area contributed by atoms with Crippen LogP contribution in [0.2, 0.25) is 4.82 Å². The van der Waals surface area contributed by atoms with Gasteiger partial charge in [-0.05, 0) is 0 Å². The van der Waals surface area contributed by atoms with E-state index in [0.717, 1.165) is 28.2 Å². The first-order valence-electron chi connectivity index (χ1n) is 16.4. The first kappa shape index (κ1) is 35.3. The fourth-order valence-corrected chi connectivity index (χ4v) is 9.28. The molecular formula is C42H46O5Se. The predicted octanol–water partition coefficient (Wildman–Crippen LogP) is 9.24. The summed E-state index contributed by atoms with van der Waals surface area (Å²) in [5.41, 5.74) is 6.93. The average molecular weight is 710 g/mol. The van der Waals surface area contributed by atoms with Gasteiger partial charge in [-0.1, -0.05) is 0 Å². The maximum atomic E-state index is 6.54. The van der Waals surface area contributed by atoms with Crippen LogP contribution < -0.4 is 18.7 Å². The Labute approximate surface area is 292 Å². The molecule has 0 aromatic heterocycles. The van der Waals surface area contributed by atoms with Gasteiger partial charge < -0.3 is 0 Å². The number of ether oxygens (including phenoxy) is 5. The second-order valence-electron chi connectivity index (χ2n) is 11.8. The summed E-state index contributed by atoms with van der Waals surface area (Å²) >= 11 is -0.0167. The van der Waals surface area contributed by atoms with Crippen LogP contribution in [0.25, 0.3) is 0 Å². The van der Waals surface area contributed by atoms with E-state index in [-0.39, 0.29) is 37.9 Å². The quantitative estimate of drug-likeness (QED) is 0.0957. The van der Waals surface area contributed by atoms with Crippen molar-refractivity contribution in [3.63, 3.8) is 0 Å². The number of hydrogen-bond acceptors (Lipinski definition) is 5. The molecule has 0 bridgehead atoms. The number of benzene rings is 5. The third-order valence-electron chi connectivity index (χ3n) is 8.63. The molecule has 0 unspecified atom stereocenters. The van der Waals surface area contributed by atoms with E-state index in [0.29, 0.717) is 19.0 Å². The first-order valence-corrected chi connectivity index (χ1v) is 18.2. The zero-order valence-corrected chi connectivity index (χ0v) is 30.4. The Morgan fingerprint density at radius 3 is 1.44 bits per heavy atom. The van der Waals surface area contributed by atoms with Crippen LogP contribution in [0.15, 0.2) is 121 Å². The maximum absolute atomic E-state index is 6.54. The Hall–Kier alpha value is -4.06. The molecule has 0 aliphatic heterocycles. The minimum atomic E-state index is -0.115. The van der Waals surface area contributed by atoms with Gasteiger partial charge in [0.2, 0.25) is 0 Å². The summed E-state index contributed by atoms with van der Waals surface area (Å²) in [5.74, 6) is 2.17. The molecule has 4 atom stereocenters. The number of rotatable bonds is 16. The third kappa shape index (κ3) is 8.69. The molecule has 0 N–H and O–H groups in total. The van der Waals surface area contributed by atoms with Crippen molar-refractivity contribution in [1.29, 1.82) is 0 Å². The van der Waals surface area contributed by atoms with Crippen LogP contribution >= 0.6 is 0 Å². The standard InChI is InChI=1S/C42H46O5Se/c1-29(46-27-32-17-10-7-11-18-32)36-23-16-24-37(30(2)47-28-33-19-12-8-13-20-33)42(36)48-31(3)40(34-21-14-9-15-22-34)41-38(44-5)25-35(43-4)26-39(41)45-6/h7-26,29-31,40H,27-28H2,1-6H3/t29-,30-,31-,40-/m1/s1. The summed E-state index contributed by atoms with van der Waals surface area (Å²) in [5, 5.41) is 0. The molecule has 5 aromatic carbocycles. The van der Waals surface area contributed by atoms with Gasteiger partial charge in [-0.2, -0.15) is 0 Å². The zero-order valence-electron chi connectivity index (χ0n) is 28.7. The van der Waals surface area contributed by atoms with Crippen molar-refractivity contribution in [3.05, 3.63) is 155 Å². The van der Waals surface area contributed by atoms with Crippen LogP contribution in [-0.2, 0) is 22.7 Å². The Bertz CT molecular complexity index is 1620. The molecular weight excluding hydrogens is 663 g/mol. The van der Waals surface area contributed by atoms with E-state index in [1.165, 1.54) is 21.2 Å². The van der Waals surface area contributed by atoms with Gasteiger partial charge >= 0.3 is 293 Å². The molecule has 0 aliphatic carbocycles. The average Bonchev–Trinajstić information content (AvgIpc) is 3.14. The second kappa shape index (κ2) is 17.4. The summed E-state index contributed by atoms with van der Waals surface area (Å²) in [7, 11) is 5.08. The molecule has 0 heterocycles. The Kier molecular flexibility index (Phi) is 12.8. The second-order valence-corrected chi connectivity index (χ2v) is 14.7. The fourth-order valence-electron chi connectivity index (χ4n) is 6.05. The molecule has 0 spiro atoms. The first-order chi connectivity index (χ1) is 23.4. The normalized spacial score (nSPS) is 13.7. The van der Waals surface area contributed by atoms with E-state index in [2.05, 4.69) is 118 Å². The summed E-state index contributed by atoms with van der Waals surface area (Å²) in [6.45, 7) is 7.74. The molecule has 0 fully saturated rings. The zero-order chi connectivity index (χ0) is 33.9. The molecule has 0 radical (unpaired) electrons. The van der Waals surface area contributed by atoms with E-state index in [1.807, 2.05) is 24.3 Å². The van der Waals surface area contributed by atoms with E-state index in [9.17, 15) is 0 Å². The van der Waals surface area contributed by atoms with Crippen LogP contribution in [0.5, 0.6) is 17.2 Å². The predicted molar refractivity (Wildman–Crippen MR) is 195 cm³/mol. The molecule has 0 saturated carbocycles. The van der Waals surface area contributed by atoms with Gasteiger partial charge in [-0.3, -0.25) is 0 Å². The van der Waals surface area contributed by atoms with Crippen LogP contribution in [0.3, 0.4) is 0 Å². The summed E-state index contributed by atoms with van der Waals surface area (Å²) in [4.78, 5) is 0.193. The van der Waals surface area contributed by atoms with Gasteiger partial charge in [-0.15, -0.1) is 0 Å². The SMILES string of the molecule is COc1cc(OC)c([C@@H](c2ccccc2)[C@@H](C)[Se]c2c([C@@H](C)OCc3ccccc3)cccc2[C@@H](C)OCc2ccccc2)c(OC)c1. The van der Waals surface area contributed by atoms with Crippen molar-refractivity contribution in [3.8, 4) is 17.2 Å². The van der Waals surface area contributed by atoms with Crippen LogP contribution in [0.1, 0.15) is 72.3 Å². The van der Waals surface area contributed by atoms with E-state index in [1.54, 1.807) is 21.3 Å². The summed E-state index contributed by atoms with van der Waals surface area (Å²) in [6.07, 6.45) is -0.230. The molecule has 6 heteroatoms. The Morgan fingerprint density at radius 2 is 1.00 bits per heavy atom. The Morgan fingerprint density at radius 1 is 0.542 bits per heavy atom. The van der Waals surface area contributed by atoms with Crippen molar-refractivity contribution >= 4 is 19.4 Å². The summed E-state index contributed by atoms with van der Waals surface area (Å²) < 4.78 is 32.0. The van der Waals surface area contributed by atoms with Gasteiger partial charge in [0, 0.05) is 0 Å². The summed E-state index contributed by atoms with van der Waals surface area (Å²) in [6, 6.07) is 41.8. The molecule has 5 aromatic rings. The topological polar surface area (TPSA) is 46.2 Å². The van der Waals surface area contributed by atoms with Gasteiger partial charge in [0.15, 0.2) is 0 Å². The van der Waals surface area contributed by atoms with Crippen molar-refractivity contribution in [2.45, 2.75) is 56.9 Å². The fraction of sp³-hybridized carbons (Fsp3) is 0.286. The minimum absolute atomic E-state index is 0.0102. The molecule has 48 heavy (non-hydrogen) atoms. The third-order valence-corrected chi connectivity index (χ3v) is 11.5. The number of methoxy groups -OCH3 is 3. The molecule has 0 aliphatic rings. The van der Waals surface area contributed by atoms with Crippen LogP contribution in [0, 0.1) is 0 Å². The molecule has 0 saturated heterocycles. The van der Waals surface area contributed by atoms with E-state index in [4.69, 9.17) is 23.7 Å². The molecule has 5 nitrogen and oxygen atoms in total. The molecule has 250 valence electrons. The molecule has 5 rings (SSSR count). The van der Waals surface area contributed by atoms with Crippen molar-refractivity contribution in [2.75, 3.05) is 21.3 Å². The van der Waals surface area contributed by atoms with Crippen molar-refractivity contribution < 1.29 is 23.7 Å². The van der Waals surface area contributed by atoms with Gasteiger partial charge in [-0.25, -0.2) is 0 Å². The van der Waals surface area contributed by atoms with Gasteiger partial charge in [0.25, 0.3) is 0 Å². The van der Waals surface area contributed by atoms with Crippen molar-refractivity contribution in [1.82, 2.24) is 0 Å². The van der Waals surface area contributed by atoms with Crippen molar-refractivity contribution in [2.24, 2.45) is 0 Å². The molecule has 0 amide bonds. The van der Waals surface area contributed by atoms with Crippen LogP contribution in [-0.4, -0.2) is 36.3 Å². The number of hydrogen-bond donors (Lipinski definition) is 0. The Balaban J connectivity index is 1.56.